The standard InChI is InChI=1S/C27H30N2O3/c1-3-5-15-29(16-6-4-2)21-10-7-9-19(17-21)20-13-14-24-23(18-20)28-26-22(27(30)31)11-8-12-25(26)32-24/h7-14,17-18,28H,3-6,15-16H2,1-2H3,(H,30,31). The number of nitrogens with one attached hydrogen (secondary N) is 1. The SMILES string of the molecule is CCCCN(CCCC)c1cccc(-c2ccc3c(c2)Nc2c(cccc2C(=O)O)O3)c1. The third-order valence-corrected chi connectivity index (χ3v) is 5.82. The molecule has 1 heterocycles. The Bertz CT molecular complexity index is 1100. The predicted octanol–water partition coefficient (Wildman–Crippen LogP) is 7.31. The number of para-hydroxylation sites is 1. The van der Waals surface area contributed by atoms with Gasteiger partial charge in [0.2, 0.25) is 0 Å². The van der Waals surface area contributed by atoms with E-state index in [-0.39, 0.29) is 5.56 Å². The van der Waals surface area contributed by atoms with Crippen molar-refractivity contribution in [2.75, 3.05) is 23.3 Å². The Balaban J connectivity index is 1.64. The minimum absolute atomic E-state index is 0.197. The van der Waals surface area contributed by atoms with Crippen LogP contribution in [-0.4, -0.2) is 24.2 Å². The van der Waals surface area contributed by atoms with Crippen molar-refractivity contribution in [2.45, 2.75) is 39.5 Å². The molecular weight excluding hydrogens is 400 g/mol. The first kappa shape index (κ1) is 21.8. The van der Waals surface area contributed by atoms with Gasteiger partial charge >= 0.3 is 5.97 Å². The molecule has 1 aliphatic heterocycles. The van der Waals surface area contributed by atoms with Crippen LogP contribution in [0.2, 0.25) is 0 Å². The molecule has 0 amide bonds. The van der Waals surface area contributed by atoms with E-state index in [0.29, 0.717) is 17.2 Å². The number of nitrogens with zero attached hydrogens (tertiary/aromatic N) is 1. The van der Waals surface area contributed by atoms with Crippen LogP contribution >= 0.6 is 0 Å². The second-order valence-corrected chi connectivity index (χ2v) is 8.17. The molecule has 166 valence electrons. The molecule has 0 unspecified atom stereocenters. The van der Waals surface area contributed by atoms with E-state index in [1.165, 1.54) is 31.4 Å². The van der Waals surface area contributed by atoms with E-state index >= 15 is 0 Å². The van der Waals surface area contributed by atoms with Crippen molar-refractivity contribution in [3.05, 3.63) is 66.2 Å². The summed E-state index contributed by atoms with van der Waals surface area (Å²) in [4.78, 5) is 14.1. The number of rotatable bonds is 9. The van der Waals surface area contributed by atoms with Gasteiger partial charge in [0, 0.05) is 18.8 Å². The number of hydrogen-bond acceptors (Lipinski definition) is 4. The maximum atomic E-state index is 11.6. The quantitative estimate of drug-likeness (QED) is 0.291. The summed E-state index contributed by atoms with van der Waals surface area (Å²) >= 11 is 0. The van der Waals surface area contributed by atoms with Crippen LogP contribution in [0.4, 0.5) is 17.1 Å². The summed E-state index contributed by atoms with van der Waals surface area (Å²) in [5.74, 6) is 0.228. The number of carboxylic acid groups (broad SMARTS) is 1. The number of aromatic carboxylic acids is 1. The number of ether oxygens (including phenoxy) is 1. The highest BCUT2D eigenvalue weighted by molar-refractivity contribution is 5.98. The van der Waals surface area contributed by atoms with Crippen molar-refractivity contribution in [2.24, 2.45) is 0 Å². The number of hydrogen-bond donors (Lipinski definition) is 2. The van der Waals surface area contributed by atoms with Crippen molar-refractivity contribution in [1.82, 2.24) is 0 Å². The molecule has 0 saturated carbocycles. The van der Waals surface area contributed by atoms with Crippen molar-refractivity contribution in [1.29, 1.82) is 0 Å². The maximum Gasteiger partial charge on any atom is 0.337 e. The molecule has 32 heavy (non-hydrogen) atoms. The predicted molar refractivity (Wildman–Crippen MR) is 131 cm³/mol. The number of benzene rings is 3. The Morgan fingerprint density at radius 2 is 1.62 bits per heavy atom. The lowest BCUT2D eigenvalue weighted by molar-refractivity contribution is 0.0697. The van der Waals surface area contributed by atoms with Gasteiger partial charge in [-0.1, -0.05) is 51.0 Å². The molecule has 0 saturated heterocycles. The molecule has 0 aromatic heterocycles. The molecule has 0 bridgehead atoms. The van der Waals surface area contributed by atoms with Crippen molar-refractivity contribution >= 4 is 23.0 Å². The highest BCUT2D eigenvalue weighted by Crippen LogP contribution is 2.45. The van der Waals surface area contributed by atoms with Crippen LogP contribution in [0.5, 0.6) is 11.5 Å². The summed E-state index contributed by atoms with van der Waals surface area (Å²) in [5, 5.41) is 12.8. The van der Waals surface area contributed by atoms with Crippen molar-refractivity contribution in [3.63, 3.8) is 0 Å². The van der Waals surface area contributed by atoms with Crippen LogP contribution in [-0.2, 0) is 0 Å². The molecule has 0 spiro atoms. The van der Waals surface area contributed by atoms with Crippen LogP contribution in [0.1, 0.15) is 49.9 Å². The molecule has 1 aliphatic rings. The van der Waals surface area contributed by atoms with E-state index in [1.807, 2.05) is 18.2 Å². The molecule has 2 N–H and O–H groups in total. The Labute approximate surface area is 189 Å². The van der Waals surface area contributed by atoms with Gasteiger partial charge in [-0.05, 0) is 60.4 Å². The smallest absolute Gasteiger partial charge is 0.337 e. The Morgan fingerprint density at radius 3 is 2.34 bits per heavy atom. The molecule has 0 fully saturated rings. The summed E-state index contributed by atoms with van der Waals surface area (Å²) in [6, 6.07) is 19.7. The topological polar surface area (TPSA) is 61.8 Å². The zero-order valence-corrected chi connectivity index (χ0v) is 18.7. The third-order valence-electron chi connectivity index (χ3n) is 5.82. The first-order valence-electron chi connectivity index (χ1n) is 11.4. The van der Waals surface area contributed by atoms with Crippen LogP contribution in [0, 0.1) is 0 Å². The van der Waals surface area contributed by atoms with E-state index in [2.05, 4.69) is 48.3 Å². The zero-order valence-electron chi connectivity index (χ0n) is 18.7. The average Bonchev–Trinajstić information content (AvgIpc) is 2.82. The fourth-order valence-electron chi connectivity index (χ4n) is 4.02. The van der Waals surface area contributed by atoms with Gasteiger partial charge in [0.15, 0.2) is 11.5 Å². The van der Waals surface area contributed by atoms with Gasteiger partial charge < -0.3 is 20.1 Å². The summed E-state index contributed by atoms with van der Waals surface area (Å²) in [6.45, 7) is 6.58. The normalized spacial score (nSPS) is 11.7. The number of unbranched alkanes of at least 4 members (excludes halogenated alkanes) is 2. The fraction of sp³-hybridized carbons (Fsp3) is 0.296. The van der Waals surface area contributed by atoms with Gasteiger partial charge in [-0.25, -0.2) is 4.79 Å². The number of anilines is 3. The zero-order chi connectivity index (χ0) is 22.5. The highest BCUT2D eigenvalue weighted by Gasteiger charge is 2.22. The largest absolute Gasteiger partial charge is 0.478 e. The minimum Gasteiger partial charge on any atom is -0.478 e. The lowest BCUT2D eigenvalue weighted by Gasteiger charge is -2.26. The number of fused-ring (bicyclic) bond motifs is 2. The van der Waals surface area contributed by atoms with Gasteiger partial charge in [0.25, 0.3) is 0 Å². The number of carbonyl (C=O) groups is 1. The molecule has 5 nitrogen and oxygen atoms in total. The van der Waals surface area contributed by atoms with Crippen molar-refractivity contribution in [3.8, 4) is 22.6 Å². The van der Waals surface area contributed by atoms with Gasteiger partial charge in [0.1, 0.15) is 0 Å². The Kier molecular flexibility index (Phi) is 6.64. The molecule has 0 atom stereocenters. The Morgan fingerprint density at radius 1 is 0.906 bits per heavy atom. The summed E-state index contributed by atoms with van der Waals surface area (Å²) in [7, 11) is 0. The van der Waals surface area contributed by atoms with E-state index in [1.54, 1.807) is 18.2 Å². The second-order valence-electron chi connectivity index (χ2n) is 8.17. The lowest BCUT2D eigenvalue weighted by Crippen LogP contribution is -2.25. The molecular formula is C27H30N2O3. The highest BCUT2D eigenvalue weighted by atomic mass is 16.5. The van der Waals surface area contributed by atoms with E-state index < -0.39 is 5.97 Å². The molecule has 5 heteroatoms. The van der Waals surface area contributed by atoms with E-state index in [0.717, 1.165) is 29.9 Å². The maximum absolute atomic E-state index is 11.6. The van der Waals surface area contributed by atoms with Crippen LogP contribution in [0.25, 0.3) is 11.1 Å². The van der Waals surface area contributed by atoms with Gasteiger partial charge in [-0.3, -0.25) is 0 Å². The van der Waals surface area contributed by atoms with Crippen LogP contribution < -0.4 is 15.0 Å². The summed E-state index contributed by atoms with van der Waals surface area (Å²) in [6.07, 6.45) is 4.72. The van der Waals surface area contributed by atoms with E-state index in [4.69, 9.17) is 4.74 Å². The monoisotopic (exact) mass is 430 g/mol. The van der Waals surface area contributed by atoms with E-state index in [9.17, 15) is 9.90 Å². The molecule has 3 aromatic carbocycles. The fourth-order valence-corrected chi connectivity index (χ4v) is 4.02. The van der Waals surface area contributed by atoms with Gasteiger partial charge in [-0.15, -0.1) is 0 Å². The summed E-state index contributed by atoms with van der Waals surface area (Å²) in [5.41, 5.74) is 4.88. The van der Waals surface area contributed by atoms with Gasteiger partial charge in [-0.2, -0.15) is 0 Å². The molecule has 0 radical (unpaired) electrons. The molecule has 0 aliphatic carbocycles. The second kappa shape index (κ2) is 9.77. The Hall–Kier alpha value is -3.47. The summed E-state index contributed by atoms with van der Waals surface area (Å²) < 4.78 is 5.98. The molecule has 4 rings (SSSR count). The van der Waals surface area contributed by atoms with Crippen LogP contribution in [0.15, 0.2) is 60.7 Å². The lowest BCUT2D eigenvalue weighted by atomic mass is 10.0. The average molecular weight is 431 g/mol. The van der Waals surface area contributed by atoms with Gasteiger partial charge in [0.05, 0.1) is 16.9 Å². The number of carboxylic acids is 1. The first-order valence-corrected chi connectivity index (χ1v) is 11.4. The van der Waals surface area contributed by atoms with Crippen LogP contribution in [0.3, 0.4) is 0 Å². The minimum atomic E-state index is -0.982. The molecule has 3 aromatic rings. The first-order chi connectivity index (χ1) is 15.6. The third kappa shape index (κ3) is 4.57. The van der Waals surface area contributed by atoms with Crippen molar-refractivity contribution < 1.29 is 14.6 Å².